The van der Waals surface area contributed by atoms with Gasteiger partial charge in [0.15, 0.2) is 16.3 Å². The minimum Gasteiger partial charge on any atom is -0.493 e. The number of terminal acetylenes is 1. The van der Waals surface area contributed by atoms with Gasteiger partial charge in [-0.15, -0.1) is 6.42 Å². The lowest BCUT2D eigenvalue weighted by atomic mass is 9.96. The van der Waals surface area contributed by atoms with E-state index < -0.39 is 12.0 Å². The summed E-state index contributed by atoms with van der Waals surface area (Å²) in [5.74, 6) is 2.61. The lowest BCUT2D eigenvalue weighted by Crippen LogP contribution is -2.39. The molecule has 0 fully saturated rings. The Kier molecular flexibility index (Phi) is 7.63. The summed E-state index contributed by atoms with van der Waals surface area (Å²) in [6, 6.07) is 12.1. The normalized spacial score (nSPS) is 15.1. The number of esters is 1. The van der Waals surface area contributed by atoms with Crippen LogP contribution in [0.5, 0.6) is 11.5 Å². The van der Waals surface area contributed by atoms with Gasteiger partial charge < -0.3 is 14.2 Å². The monoisotopic (exact) mass is 522 g/mol. The summed E-state index contributed by atoms with van der Waals surface area (Å²) in [6.07, 6.45) is 6.98. The van der Waals surface area contributed by atoms with Crippen molar-refractivity contribution >= 4 is 35.0 Å². The Balaban J connectivity index is 1.89. The maximum atomic E-state index is 13.7. The van der Waals surface area contributed by atoms with E-state index in [1.165, 1.54) is 23.0 Å². The van der Waals surface area contributed by atoms with Gasteiger partial charge in [-0.25, -0.2) is 9.79 Å². The number of ether oxygens (including phenoxy) is 3. The number of aromatic nitrogens is 1. The number of fused-ring (bicyclic) bond motifs is 1. The second kappa shape index (κ2) is 10.9. The first-order valence-corrected chi connectivity index (χ1v) is 12.3. The van der Waals surface area contributed by atoms with Crippen LogP contribution in [0.3, 0.4) is 0 Å². The Labute approximate surface area is 216 Å². The topological polar surface area (TPSA) is 79.1 Å². The van der Waals surface area contributed by atoms with Crippen molar-refractivity contribution in [1.29, 1.82) is 0 Å². The maximum absolute atomic E-state index is 13.7. The van der Waals surface area contributed by atoms with Crippen molar-refractivity contribution in [3.8, 4) is 23.8 Å². The molecule has 2 heterocycles. The van der Waals surface area contributed by atoms with E-state index in [4.69, 9.17) is 32.2 Å². The summed E-state index contributed by atoms with van der Waals surface area (Å²) in [5, 5.41) is 0.297. The fourth-order valence-electron chi connectivity index (χ4n) is 3.97. The van der Waals surface area contributed by atoms with Crippen LogP contribution in [-0.4, -0.2) is 30.9 Å². The van der Waals surface area contributed by atoms with E-state index in [9.17, 15) is 9.59 Å². The highest BCUT2D eigenvalue weighted by atomic mass is 35.5. The minimum absolute atomic E-state index is 0.0374. The maximum Gasteiger partial charge on any atom is 0.338 e. The van der Waals surface area contributed by atoms with Gasteiger partial charge in [0.2, 0.25) is 0 Å². The Bertz CT molecular complexity index is 1560. The summed E-state index contributed by atoms with van der Waals surface area (Å²) >= 11 is 7.64. The Morgan fingerprint density at radius 1 is 1.31 bits per heavy atom. The molecule has 1 aliphatic rings. The quantitative estimate of drug-likeness (QED) is 0.351. The number of hydrogen-bond acceptors (Lipinski definition) is 7. The Morgan fingerprint density at radius 2 is 2.06 bits per heavy atom. The highest BCUT2D eigenvalue weighted by Gasteiger charge is 2.33. The van der Waals surface area contributed by atoms with Crippen molar-refractivity contribution in [2.24, 2.45) is 4.99 Å². The molecule has 0 unspecified atom stereocenters. The molecule has 0 bridgehead atoms. The molecule has 1 aliphatic heterocycles. The second-order valence-electron chi connectivity index (χ2n) is 7.74. The average Bonchev–Trinajstić information content (AvgIpc) is 3.17. The largest absolute Gasteiger partial charge is 0.493 e. The molecule has 184 valence electrons. The van der Waals surface area contributed by atoms with Gasteiger partial charge in [-0.2, -0.15) is 0 Å². The van der Waals surface area contributed by atoms with Crippen molar-refractivity contribution in [2.75, 3.05) is 20.3 Å². The Morgan fingerprint density at radius 3 is 2.72 bits per heavy atom. The summed E-state index contributed by atoms with van der Waals surface area (Å²) < 4.78 is 18.2. The second-order valence-corrected chi connectivity index (χ2v) is 9.16. The lowest BCUT2D eigenvalue weighted by Gasteiger charge is -2.24. The van der Waals surface area contributed by atoms with Crippen LogP contribution in [-0.2, 0) is 9.53 Å². The third-order valence-electron chi connectivity index (χ3n) is 5.48. The third kappa shape index (κ3) is 4.81. The molecule has 0 saturated carbocycles. The first kappa shape index (κ1) is 25.3. The van der Waals surface area contributed by atoms with Crippen LogP contribution in [0, 0.1) is 12.3 Å². The zero-order chi connectivity index (χ0) is 25.8. The number of nitrogens with zero attached hydrogens (tertiary/aromatic N) is 2. The predicted molar refractivity (Wildman–Crippen MR) is 139 cm³/mol. The standard InChI is InChI=1S/C27H23ClN2O5S/c1-5-12-35-24-19(28)13-17(14-20(24)33-4)15-21-25(31)30-23(18-10-8-7-9-11-18)22(26(32)34-6-2)16(3)29-27(30)36-21/h1,7-11,13-15,23H,6,12H2,2-4H3/b21-15-/t23-/m0/s1. The molecule has 0 amide bonds. The molecule has 0 N–H and O–H groups in total. The first-order chi connectivity index (χ1) is 17.4. The van der Waals surface area contributed by atoms with E-state index >= 15 is 0 Å². The fraction of sp³-hybridized carbons (Fsp3) is 0.222. The molecule has 7 nitrogen and oxygen atoms in total. The molecular formula is C27H23ClN2O5S. The summed E-state index contributed by atoms with van der Waals surface area (Å²) in [5.41, 5.74) is 1.97. The van der Waals surface area contributed by atoms with E-state index in [0.717, 1.165) is 5.56 Å². The molecule has 1 aromatic heterocycles. The zero-order valence-electron chi connectivity index (χ0n) is 19.9. The average molecular weight is 523 g/mol. The van der Waals surface area contributed by atoms with E-state index in [1.807, 2.05) is 30.3 Å². The molecule has 4 rings (SSSR count). The molecule has 0 saturated heterocycles. The van der Waals surface area contributed by atoms with E-state index in [-0.39, 0.29) is 18.8 Å². The first-order valence-electron chi connectivity index (χ1n) is 11.1. The molecule has 0 radical (unpaired) electrons. The Hall–Kier alpha value is -3.80. The minimum atomic E-state index is -0.665. The molecule has 9 heteroatoms. The highest BCUT2D eigenvalue weighted by molar-refractivity contribution is 7.07. The SMILES string of the molecule is C#CCOc1c(Cl)cc(/C=c2\sc3n(c2=O)[C@@H](c2ccccc2)C(C(=O)OCC)=C(C)N=3)cc1OC. The lowest BCUT2D eigenvalue weighted by molar-refractivity contribution is -0.139. The van der Waals surface area contributed by atoms with E-state index in [1.54, 1.807) is 32.1 Å². The van der Waals surface area contributed by atoms with E-state index in [2.05, 4.69) is 10.9 Å². The highest BCUT2D eigenvalue weighted by Crippen LogP contribution is 2.36. The number of halogens is 1. The number of allylic oxidation sites excluding steroid dienone is 1. The third-order valence-corrected chi connectivity index (χ3v) is 6.75. The van der Waals surface area contributed by atoms with Crippen LogP contribution in [0.4, 0.5) is 0 Å². The molecule has 0 spiro atoms. The zero-order valence-corrected chi connectivity index (χ0v) is 21.5. The molecule has 36 heavy (non-hydrogen) atoms. The van der Waals surface area contributed by atoms with Crippen LogP contribution in [0.1, 0.15) is 31.0 Å². The van der Waals surface area contributed by atoms with Crippen molar-refractivity contribution in [1.82, 2.24) is 4.57 Å². The summed E-state index contributed by atoms with van der Waals surface area (Å²) in [4.78, 5) is 31.7. The fourth-order valence-corrected chi connectivity index (χ4v) is 5.29. The van der Waals surface area contributed by atoms with Crippen molar-refractivity contribution in [2.45, 2.75) is 19.9 Å². The molecule has 3 aromatic rings. The van der Waals surface area contributed by atoms with E-state index in [0.29, 0.717) is 42.7 Å². The van der Waals surface area contributed by atoms with Gasteiger partial charge in [0.1, 0.15) is 6.61 Å². The number of carbonyl (C=O) groups is 1. The number of carbonyl (C=O) groups excluding carboxylic acids is 1. The van der Waals surface area contributed by atoms with Crippen molar-refractivity contribution < 1.29 is 19.0 Å². The molecular weight excluding hydrogens is 500 g/mol. The van der Waals surface area contributed by atoms with Crippen LogP contribution in [0.25, 0.3) is 6.08 Å². The number of methoxy groups -OCH3 is 1. The molecule has 1 atom stereocenters. The van der Waals surface area contributed by atoms with Gasteiger partial charge in [-0.1, -0.05) is 59.2 Å². The van der Waals surface area contributed by atoms with Crippen LogP contribution < -0.4 is 24.4 Å². The number of rotatable bonds is 7. The van der Waals surface area contributed by atoms with Gasteiger partial charge >= 0.3 is 5.97 Å². The van der Waals surface area contributed by atoms with Crippen molar-refractivity contribution in [3.63, 3.8) is 0 Å². The number of hydrogen-bond donors (Lipinski definition) is 0. The number of benzene rings is 2. The summed E-state index contributed by atoms with van der Waals surface area (Å²) in [7, 11) is 1.49. The van der Waals surface area contributed by atoms with Gasteiger partial charge in [0.25, 0.3) is 5.56 Å². The van der Waals surface area contributed by atoms with Gasteiger partial charge in [0.05, 0.1) is 40.6 Å². The van der Waals surface area contributed by atoms with Gasteiger partial charge in [-0.05, 0) is 43.2 Å². The molecule has 2 aromatic carbocycles. The van der Waals surface area contributed by atoms with Gasteiger partial charge in [-0.3, -0.25) is 9.36 Å². The smallest absolute Gasteiger partial charge is 0.338 e. The van der Waals surface area contributed by atoms with Crippen molar-refractivity contribution in [3.05, 3.63) is 89.6 Å². The summed E-state index contributed by atoms with van der Waals surface area (Å²) in [6.45, 7) is 3.74. The number of thiazole rings is 1. The van der Waals surface area contributed by atoms with Crippen LogP contribution >= 0.6 is 22.9 Å². The molecule has 0 aliphatic carbocycles. The predicted octanol–water partition coefficient (Wildman–Crippen LogP) is 3.47. The van der Waals surface area contributed by atoms with Crippen LogP contribution in [0.2, 0.25) is 5.02 Å². The van der Waals surface area contributed by atoms with Gasteiger partial charge in [0, 0.05) is 0 Å². The van der Waals surface area contributed by atoms with Crippen LogP contribution in [0.15, 0.2) is 63.5 Å².